The number of amides is 2. The van der Waals surface area contributed by atoms with Crippen LogP contribution in [-0.2, 0) is 14.8 Å². The van der Waals surface area contributed by atoms with Crippen molar-refractivity contribution < 1.29 is 18.0 Å². The number of sulfonamides is 1. The molecular weight excluding hydrogens is 464 g/mol. The Morgan fingerprint density at radius 3 is 1.94 bits per heavy atom. The highest BCUT2D eigenvalue weighted by Crippen LogP contribution is 2.21. The van der Waals surface area contributed by atoms with Crippen molar-refractivity contribution in [2.24, 2.45) is 5.73 Å². The summed E-state index contributed by atoms with van der Waals surface area (Å²) in [4.78, 5) is 28.1. The first-order valence-corrected chi connectivity index (χ1v) is 13.5. The van der Waals surface area contributed by atoms with E-state index in [1.807, 2.05) is 12.1 Å². The molecule has 0 unspecified atom stereocenters. The van der Waals surface area contributed by atoms with Gasteiger partial charge < -0.3 is 15.5 Å². The van der Waals surface area contributed by atoms with Gasteiger partial charge in [0.2, 0.25) is 21.8 Å². The number of rotatable bonds is 6. The molecule has 2 aromatic carbocycles. The molecule has 35 heavy (non-hydrogen) atoms. The van der Waals surface area contributed by atoms with E-state index in [0.717, 1.165) is 18.7 Å². The second kappa shape index (κ2) is 11.0. The molecule has 2 aliphatic rings. The van der Waals surface area contributed by atoms with Gasteiger partial charge in [-0.3, -0.25) is 9.59 Å². The van der Waals surface area contributed by atoms with Gasteiger partial charge in [-0.25, -0.2) is 8.42 Å². The van der Waals surface area contributed by atoms with Crippen LogP contribution in [0.3, 0.4) is 0 Å². The number of carbonyl (C=O) groups is 2. The van der Waals surface area contributed by atoms with Crippen LogP contribution in [0.15, 0.2) is 59.5 Å². The SMILES string of the molecule is NC(=O)c1ccc(S(=O)(=O)N2CCN(C(=O)C=Cc3ccc(N4CCCCCC4)cc3)CC2)cc1. The predicted molar refractivity (Wildman–Crippen MR) is 136 cm³/mol. The molecule has 0 bridgehead atoms. The third kappa shape index (κ3) is 6.10. The summed E-state index contributed by atoms with van der Waals surface area (Å²) in [6.07, 6.45) is 8.40. The molecule has 9 heteroatoms. The zero-order chi connectivity index (χ0) is 24.8. The van der Waals surface area contributed by atoms with E-state index in [4.69, 9.17) is 5.73 Å². The number of piperazine rings is 1. The number of hydrogen-bond donors (Lipinski definition) is 1. The lowest BCUT2D eigenvalue weighted by molar-refractivity contribution is -0.127. The second-order valence-corrected chi connectivity index (χ2v) is 10.9. The lowest BCUT2D eigenvalue weighted by atomic mass is 10.1. The van der Waals surface area contributed by atoms with Gasteiger partial charge in [-0.15, -0.1) is 0 Å². The zero-order valence-electron chi connectivity index (χ0n) is 19.8. The maximum Gasteiger partial charge on any atom is 0.248 e. The molecule has 2 heterocycles. The van der Waals surface area contributed by atoms with E-state index in [0.29, 0.717) is 13.1 Å². The first kappa shape index (κ1) is 24.9. The van der Waals surface area contributed by atoms with Crippen molar-refractivity contribution in [1.82, 2.24) is 9.21 Å². The van der Waals surface area contributed by atoms with Crippen LogP contribution in [-0.4, -0.2) is 68.7 Å². The minimum atomic E-state index is -3.70. The molecule has 2 fully saturated rings. The van der Waals surface area contributed by atoms with Gasteiger partial charge in [-0.05, 0) is 60.9 Å². The van der Waals surface area contributed by atoms with Gasteiger partial charge in [0.1, 0.15) is 0 Å². The lowest BCUT2D eigenvalue weighted by Gasteiger charge is -2.33. The molecule has 4 rings (SSSR count). The van der Waals surface area contributed by atoms with Gasteiger partial charge >= 0.3 is 0 Å². The Morgan fingerprint density at radius 1 is 0.771 bits per heavy atom. The van der Waals surface area contributed by atoms with Crippen molar-refractivity contribution in [2.75, 3.05) is 44.2 Å². The predicted octanol–water partition coefficient (Wildman–Crippen LogP) is 2.71. The molecule has 0 saturated carbocycles. The fourth-order valence-corrected chi connectivity index (χ4v) is 5.91. The van der Waals surface area contributed by atoms with Gasteiger partial charge in [-0.2, -0.15) is 4.31 Å². The smallest absolute Gasteiger partial charge is 0.248 e. The van der Waals surface area contributed by atoms with Crippen LogP contribution in [0.4, 0.5) is 5.69 Å². The quantitative estimate of drug-likeness (QED) is 0.620. The van der Waals surface area contributed by atoms with Crippen molar-refractivity contribution in [2.45, 2.75) is 30.6 Å². The fourth-order valence-electron chi connectivity index (χ4n) is 4.49. The number of nitrogens with zero attached hydrogens (tertiary/aromatic N) is 3. The van der Waals surface area contributed by atoms with E-state index >= 15 is 0 Å². The molecule has 0 spiro atoms. The average Bonchev–Trinajstić information content (AvgIpc) is 3.17. The molecule has 8 nitrogen and oxygen atoms in total. The van der Waals surface area contributed by atoms with Crippen LogP contribution in [0.2, 0.25) is 0 Å². The minimum absolute atomic E-state index is 0.103. The van der Waals surface area contributed by atoms with Crippen LogP contribution >= 0.6 is 0 Å². The molecule has 0 atom stereocenters. The number of primary amides is 1. The summed E-state index contributed by atoms with van der Waals surface area (Å²) in [7, 11) is -3.70. The topological polar surface area (TPSA) is 104 Å². The van der Waals surface area contributed by atoms with Gasteiger partial charge in [0.05, 0.1) is 4.90 Å². The number of carbonyl (C=O) groups excluding carboxylic acids is 2. The van der Waals surface area contributed by atoms with Crippen LogP contribution in [0, 0.1) is 0 Å². The monoisotopic (exact) mass is 496 g/mol. The largest absolute Gasteiger partial charge is 0.372 e. The highest BCUT2D eigenvalue weighted by atomic mass is 32.2. The van der Waals surface area contributed by atoms with E-state index in [1.165, 1.54) is 59.9 Å². The van der Waals surface area contributed by atoms with E-state index in [2.05, 4.69) is 17.0 Å². The summed E-state index contributed by atoms with van der Waals surface area (Å²) in [6.45, 7) is 3.24. The zero-order valence-corrected chi connectivity index (χ0v) is 20.6. The van der Waals surface area contributed by atoms with Gasteiger partial charge in [0.25, 0.3) is 0 Å². The molecule has 186 valence electrons. The van der Waals surface area contributed by atoms with Crippen molar-refractivity contribution in [3.05, 3.63) is 65.7 Å². The Kier molecular flexibility index (Phi) is 7.87. The molecule has 0 aromatic heterocycles. The first-order valence-electron chi connectivity index (χ1n) is 12.1. The van der Waals surface area contributed by atoms with E-state index < -0.39 is 15.9 Å². The van der Waals surface area contributed by atoms with Crippen LogP contribution < -0.4 is 10.6 Å². The van der Waals surface area contributed by atoms with Crippen molar-refractivity contribution in [3.8, 4) is 0 Å². The standard InChI is InChI=1S/C26H32N4O4S/c27-26(32)22-8-12-24(13-9-22)35(33,34)30-19-17-29(18-20-30)25(31)14-7-21-5-10-23(11-6-21)28-15-3-1-2-4-16-28/h5-14H,1-4,15-20H2,(H2,27,32). The van der Waals surface area contributed by atoms with Gasteiger partial charge in [-0.1, -0.05) is 25.0 Å². The molecule has 0 aliphatic carbocycles. The van der Waals surface area contributed by atoms with Crippen molar-refractivity contribution >= 4 is 33.6 Å². The number of anilines is 1. The van der Waals surface area contributed by atoms with Crippen LogP contribution in [0.5, 0.6) is 0 Å². The maximum absolute atomic E-state index is 12.9. The van der Waals surface area contributed by atoms with E-state index in [-0.39, 0.29) is 29.5 Å². The average molecular weight is 497 g/mol. The van der Waals surface area contributed by atoms with Crippen molar-refractivity contribution in [1.29, 1.82) is 0 Å². The Labute approximate surface area is 207 Å². The lowest BCUT2D eigenvalue weighted by Crippen LogP contribution is -2.50. The summed E-state index contributed by atoms with van der Waals surface area (Å²) in [5.41, 5.74) is 7.65. The number of hydrogen-bond acceptors (Lipinski definition) is 5. The Hall–Kier alpha value is -3.17. The summed E-state index contributed by atoms with van der Waals surface area (Å²) >= 11 is 0. The molecule has 2 aromatic rings. The Balaban J connectivity index is 1.31. The highest BCUT2D eigenvalue weighted by molar-refractivity contribution is 7.89. The fraction of sp³-hybridized carbons (Fsp3) is 0.385. The van der Waals surface area contributed by atoms with E-state index in [9.17, 15) is 18.0 Å². The Bertz CT molecular complexity index is 1160. The van der Waals surface area contributed by atoms with E-state index in [1.54, 1.807) is 17.1 Å². The summed E-state index contributed by atoms with van der Waals surface area (Å²) < 4.78 is 27.2. The summed E-state index contributed by atoms with van der Waals surface area (Å²) in [5, 5.41) is 0. The molecule has 2 saturated heterocycles. The normalized spacial score (nSPS) is 17.9. The van der Waals surface area contributed by atoms with Gasteiger partial charge in [0.15, 0.2) is 0 Å². The molecule has 2 amide bonds. The first-order chi connectivity index (χ1) is 16.8. The molecule has 2 aliphatic heterocycles. The van der Waals surface area contributed by atoms with Gasteiger partial charge in [0, 0.05) is 56.6 Å². The van der Waals surface area contributed by atoms with Crippen LogP contribution in [0.25, 0.3) is 6.08 Å². The summed E-state index contributed by atoms with van der Waals surface area (Å²) in [6, 6.07) is 13.8. The Morgan fingerprint density at radius 2 is 1.37 bits per heavy atom. The molecule has 0 radical (unpaired) electrons. The molecular formula is C26H32N4O4S. The minimum Gasteiger partial charge on any atom is -0.372 e. The number of benzene rings is 2. The second-order valence-electron chi connectivity index (χ2n) is 8.94. The number of nitrogens with two attached hydrogens (primary N) is 1. The third-order valence-corrected chi connectivity index (χ3v) is 8.52. The molecule has 2 N–H and O–H groups in total. The van der Waals surface area contributed by atoms with Crippen LogP contribution in [0.1, 0.15) is 41.6 Å². The summed E-state index contributed by atoms with van der Waals surface area (Å²) in [5.74, 6) is -0.744. The maximum atomic E-state index is 12.9. The highest BCUT2D eigenvalue weighted by Gasteiger charge is 2.29. The third-order valence-electron chi connectivity index (χ3n) is 6.61. The van der Waals surface area contributed by atoms with Crippen molar-refractivity contribution in [3.63, 3.8) is 0 Å².